The second kappa shape index (κ2) is 9.75. The molecule has 1 aromatic heterocycles. The minimum Gasteiger partial charge on any atom is -0.362 e. The molecule has 3 N–H and O–H groups in total. The molecule has 2 amide bonds. The molecule has 0 aliphatic carbocycles. The van der Waals surface area contributed by atoms with Gasteiger partial charge in [-0.05, 0) is 64.1 Å². The molecule has 4 rings (SSSR count). The van der Waals surface area contributed by atoms with Crippen molar-refractivity contribution in [3.63, 3.8) is 0 Å². The van der Waals surface area contributed by atoms with E-state index in [1.54, 1.807) is 6.20 Å². The van der Waals surface area contributed by atoms with Crippen LogP contribution in [-0.2, 0) is 9.59 Å². The molecule has 0 spiro atoms. The van der Waals surface area contributed by atoms with E-state index in [4.69, 9.17) is 0 Å². The number of amides is 2. The first-order chi connectivity index (χ1) is 16.3. The van der Waals surface area contributed by atoms with Gasteiger partial charge in [-0.15, -0.1) is 0 Å². The lowest BCUT2D eigenvalue weighted by Crippen LogP contribution is -2.35. The van der Waals surface area contributed by atoms with Crippen molar-refractivity contribution in [2.24, 2.45) is 0 Å². The SMILES string of the molecule is CC1=C(C(=O)Nc2ccc(C)cc2)C(c2ccccn2)C(C(=O)Nc2ccc(C)cc2)=C(C)N1. The summed E-state index contributed by atoms with van der Waals surface area (Å²) in [4.78, 5) is 31.6. The zero-order chi connectivity index (χ0) is 24.2. The monoisotopic (exact) mass is 452 g/mol. The highest BCUT2D eigenvalue weighted by molar-refractivity contribution is 6.11. The number of carbonyl (C=O) groups excluding carboxylic acids is 2. The van der Waals surface area contributed by atoms with Crippen LogP contribution < -0.4 is 16.0 Å². The highest BCUT2D eigenvalue weighted by Gasteiger charge is 2.37. The van der Waals surface area contributed by atoms with Crippen LogP contribution in [0.5, 0.6) is 0 Å². The molecule has 0 fully saturated rings. The maximum atomic E-state index is 13.5. The van der Waals surface area contributed by atoms with Crippen LogP contribution in [0.1, 0.15) is 36.6 Å². The van der Waals surface area contributed by atoms with Crippen LogP contribution in [0.3, 0.4) is 0 Å². The van der Waals surface area contributed by atoms with Gasteiger partial charge in [0.1, 0.15) is 0 Å². The molecule has 0 radical (unpaired) electrons. The number of allylic oxidation sites excluding steroid dienone is 2. The third-order valence-corrected chi connectivity index (χ3v) is 5.85. The summed E-state index contributed by atoms with van der Waals surface area (Å²) in [5.41, 5.74) is 6.50. The highest BCUT2D eigenvalue weighted by atomic mass is 16.2. The van der Waals surface area contributed by atoms with Gasteiger partial charge in [-0.1, -0.05) is 41.5 Å². The van der Waals surface area contributed by atoms with Crippen molar-refractivity contribution in [1.29, 1.82) is 0 Å². The molecule has 0 saturated carbocycles. The molecule has 0 bridgehead atoms. The lowest BCUT2D eigenvalue weighted by atomic mass is 9.81. The Bertz CT molecular complexity index is 1190. The Hall–Kier alpha value is -4.19. The number of nitrogens with zero attached hydrogens (tertiary/aromatic N) is 1. The van der Waals surface area contributed by atoms with Gasteiger partial charge in [0.15, 0.2) is 0 Å². The van der Waals surface area contributed by atoms with Crippen molar-refractivity contribution in [1.82, 2.24) is 10.3 Å². The zero-order valence-electron chi connectivity index (χ0n) is 19.8. The second-order valence-corrected chi connectivity index (χ2v) is 8.53. The molecule has 0 unspecified atom stereocenters. The molecule has 6 nitrogen and oxygen atoms in total. The van der Waals surface area contributed by atoms with Crippen LogP contribution in [0.15, 0.2) is 95.5 Å². The van der Waals surface area contributed by atoms with E-state index >= 15 is 0 Å². The Morgan fingerprint density at radius 1 is 0.706 bits per heavy atom. The highest BCUT2D eigenvalue weighted by Crippen LogP contribution is 2.38. The minimum absolute atomic E-state index is 0.280. The number of aromatic nitrogens is 1. The predicted molar refractivity (Wildman–Crippen MR) is 135 cm³/mol. The van der Waals surface area contributed by atoms with Gasteiger partial charge in [0.2, 0.25) is 0 Å². The van der Waals surface area contributed by atoms with Gasteiger partial charge >= 0.3 is 0 Å². The van der Waals surface area contributed by atoms with E-state index in [2.05, 4.69) is 20.9 Å². The van der Waals surface area contributed by atoms with Crippen LogP contribution in [0, 0.1) is 13.8 Å². The minimum atomic E-state index is -0.627. The molecule has 2 aromatic carbocycles. The molecule has 172 valence electrons. The Morgan fingerprint density at radius 2 is 1.18 bits per heavy atom. The molecule has 1 aliphatic heterocycles. The number of aryl methyl sites for hydroxylation is 2. The summed E-state index contributed by atoms with van der Waals surface area (Å²) in [6, 6.07) is 20.7. The quantitative estimate of drug-likeness (QED) is 0.496. The van der Waals surface area contributed by atoms with Crippen molar-refractivity contribution >= 4 is 23.2 Å². The van der Waals surface area contributed by atoms with E-state index in [0.29, 0.717) is 39.6 Å². The fourth-order valence-corrected chi connectivity index (χ4v) is 4.11. The molecule has 3 aromatic rings. The molecule has 6 heteroatoms. The normalized spacial score (nSPS) is 14.0. The van der Waals surface area contributed by atoms with Crippen molar-refractivity contribution in [3.8, 4) is 0 Å². The third-order valence-electron chi connectivity index (χ3n) is 5.85. The standard InChI is InChI=1S/C28H28N4O2/c1-17-8-12-21(13-9-17)31-27(33)24-19(3)30-20(4)25(26(24)23-7-5-6-16-29-23)28(34)32-22-14-10-18(2)11-15-22/h5-16,26,30H,1-4H3,(H,31,33)(H,32,34). The first kappa shape index (κ1) is 23.0. The molecule has 1 aliphatic rings. The van der Waals surface area contributed by atoms with Gasteiger partial charge in [-0.25, -0.2) is 0 Å². The molecule has 0 atom stereocenters. The maximum Gasteiger partial charge on any atom is 0.254 e. The first-order valence-corrected chi connectivity index (χ1v) is 11.2. The lowest BCUT2D eigenvalue weighted by molar-refractivity contribution is -0.113. The molecular formula is C28H28N4O2. The molecule has 0 saturated heterocycles. The van der Waals surface area contributed by atoms with E-state index in [-0.39, 0.29) is 11.8 Å². The van der Waals surface area contributed by atoms with E-state index in [1.807, 2.05) is 94.4 Å². The van der Waals surface area contributed by atoms with E-state index in [9.17, 15) is 9.59 Å². The average Bonchev–Trinajstić information content (AvgIpc) is 2.82. The molecule has 2 heterocycles. The number of rotatable bonds is 5. The van der Waals surface area contributed by atoms with Crippen molar-refractivity contribution < 1.29 is 9.59 Å². The molecular weight excluding hydrogens is 424 g/mol. The average molecular weight is 453 g/mol. The van der Waals surface area contributed by atoms with Crippen molar-refractivity contribution in [2.45, 2.75) is 33.6 Å². The summed E-state index contributed by atoms with van der Waals surface area (Å²) in [5, 5.41) is 9.20. The summed E-state index contributed by atoms with van der Waals surface area (Å²) >= 11 is 0. The summed E-state index contributed by atoms with van der Waals surface area (Å²) in [7, 11) is 0. The molecule has 34 heavy (non-hydrogen) atoms. The van der Waals surface area contributed by atoms with Crippen molar-refractivity contribution in [2.75, 3.05) is 10.6 Å². The summed E-state index contributed by atoms with van der Waals surface area (Å²) in [6.07, 6.45) is 1.67. The smallest absolute Gasteiger partial charge is 0.254 e. The Kier molecular flexibility index (Phi) is 6.59. The van der Waals surface area contributed by atoms with E-state index < -0.39 is 5.92 Å². The van der Waals surface area contributed by atoms with Crippen LogP contribution in [-0.4, -0.2) is 16.8 Å². The van der Waals surface area contributed by atoms with Crippen LogP contribution in [0.2, 0.25) is 0 Å². The number of hydrogen-bond acceptors (Lipinski definition) is 4. The van der Waals surface area contributed by atoms with Crippen LogP contribution in [0.25, 0.3) is 0 Å². The van der Waals surface area contributed by atoms with E-state index in [1.165, 1.54) is 0 Å². The number of benzene rings is 2. The Balaban J connectivity index is 1.72. The fourth-order valence-electron chi connectivity index (χ4n) is 4.11. The van der Waals surface area contributed by atoms with Gasteiger partial charge < -0.3 is 16.0 Å². The summed E-state index contributed by atoms with van der Waals surface area (Å²) in [5.74, 6) is -1.19. The fraction of sp³-hybridized carbons (Fsp3) is 0.179. The second-order valence-electron chi connectivity index (χ2n) is 8.53. The Morgan fingerprint density at radius 3 is 1.59 bits per heavy atom. The van der Waals surface area contributed by atoms with Gasteiger partial charge in [-0.3, -0.25) is 14.6 Å². The number of nitrogens with one attached hydrogen (secondary N) is 3. The predicted octanol–water partition coefficient (Wildman–Crippen LogP) is 5.21. The first-order valence-electron chi connectivity index (χ1n) is 11.2. The maximum absolute atomic E-state index is 13.5. The van der Waals surface area contributed by atoms with Gasteiger partial charge in [0, 0.05) is 40.1 Å². The van der Waals surface area contributed by atoms with E-state index in [0.717, 1.165) is 11.1 Å². The number of hydrogen-bond donors (Lipinski definition) is 3. The summed E-state index contributed by atoms with van der Waals surface area (Å²) < 4.78 is 0. The lowest BCUT2D eigenvalue weighted by Gasteiger charge is -2.30. The topological polar surface area (TPSA) is 83.1 Å². The largest absolute Gasteiger partial charge is 0.362 e. The Labute approximate surface area is 199 Å². The number of pyridine rings is 1. The van der Waals surface area contributed by atoms with Crippen LogP contribution in [0.4, 0.5) is 11.4 Å². The number of dihydropyridines is 1. The van der Waals surface area contributed by atoms with Crippen LogP contribution >= 0.6 is 0 Å². The number of anilines is 2. The van der Waals surface area contributed by atoms with Crippen molar-refractivity contribution in [3.05, 3.63) is 112 Å². The summed E-state index contributed by atoms with van der Waals surface area (Å²) in [6.45, 7) is 7.68. The number of carbonyl (C=O) groups is 2. The van der Waals surface area contributed by atoms with Gasteiger partial charge in [0.25, 0.3) is 11.8 Å². The zero-order valence-corrected chi connectivity index (χ0v) is 19.8. The third kappa shape index (κ3) is 4.91. The van der Waals surface area contributed by atoms with Gasteiger partial charge in [-0.2, -0.15) is 0 Å². The van der Waals surface area contributed by atoms with Gasteiger partial charge in [0.05, 0.1) is 11.6 Å².